The van der Waals surface area contributed by atoms with Crippen molar-refractivity contribution in [2.45, 2.75) is 84.4 Å². The monoisotopic (exact) mass is 1490 g/mol. The Labute approximate surface area is 639 Å². The summed E-state index contributed by atoms with van der Waals surface area (Å²) in [7, 11) is 0. The van der Waals surface area contributed by atoms with Crippen molar-refractivity contribution in [1.29, 1.82) is 0 Å². The van der Waals surface area contributed by atoms with Gasteiger partial charge in [0, 0.05) is 112 Å². The third-order valence-electron chi connectivity index (χ3n) is 16.6. The normalized spacial score (nSPS) is 14.6. The van der Waals surface area contributed by atoms with Gasteiger partial charge >= 0.3 is 5.97 Å². The number of hydroxylamine groups is 1. The van der Waals surface area contributed by atoms with Crippen LogP contribution in [0.2, 0.25) is 0 Å². The fourth-order valence-corrected chi connectivity index (χ4v) is 10.7. The molecule has 23 nitrogen and oxygen atoms in total. The molecule has 3 aliphatic rings. The maximum absolute atomic E-state index is 12.7. The number of Topliss-reactive ketones (excluding diaryl/α,β-unsaturated/α-hetero) is 2. The number of carbonyl (C=O) groups is 7. The molecule has 3 aliphatic heterocycles. The predicted molar refractivity (Wildman–Crippen MR) is 420 cm³/mol. The van der Waals surface area contributed by atoms with Crippen molar-refractivity contribution < 1.29 is 67.9 Å². The van der Waals surface area contributed by atoms with Crippen molar-refractivity contribution in [2.75, 3.05) is 105 Å². The number of esters is 1. The highest BCUT2D eigenvalue weighted by molar-refractivity contribution is 6.00. The molecule has 0 spiro atoms. The van der Waals surface area contributed by atoms with Gasteiger partial charge in [-0.3, -0.25) is 53.5 Å². The molecule has 0 saturated carbocycles. The summed E-state index contributed by atoms with van der Waals surface area (Å²) < 4.78 is 21.4. The van der Waals surface area contributed by atoms with Crippen LogP contribution in [0.3, 0.4) is 0 Å². The zero-order valence-electron chi connectivity index (χ0n) is 60.6. The number of carbonyl (C=O) groups excluding carboxylic acids is 7. The highest BCUT2D eigenvalue weighted by Gasteiger charge is 2.25. The van der Waals surface area contributed by atoms with Crippen molar-refractivity contribution in [3.8, 4) is 35.5 Å². The van der Waals surface area contributed by atoms with Crippen LogP contribution >= 0.6 is 12.4 Å². The number of aliphatic hydroxyl groups is 2. The van der Waals surface area contributed by atoms with E-state index in [9.17, 15) is 38.7 Å². The Bertz CT molecular complexity index is 3950. The van der Waals surface area contributed by atoms with E-state index in [0.717, 1.165) is 132 Å². The average Bonchev–Trinajstić information content (AvgIpc) is 0.880. The van der Waals surface area contributed by atoms with Crippen molar-refractivity contribution in [3.05, 3.63) is 231 Å². The first-order valence-electron chi connectivity index (χ1n) is 35.1. The van der Waals surface area contributed by atoms with Gasteiger partial charge in [0.15, 0.2) is 11.6 Å². The summed E-state index contributed by atoms with van der Waals surface area (Å²) in [5, 5.41) is 34.5. The van der Waals surface area contributed by atoms with Crippen molar-refractivity contribution in [2.24, 2.45) is 11.5 Å². The number of ether oxygens (including phenoxy) is 4. The number of hydrogen-bond donors (Lipinski definition) is 9. The molecule has 6 aromatic carbocycles. The lowest BCUT2D eigenvalue weighted by Crippen LogP contribution is -2.50. The second kappa shape index (κ2) is 48.1. The highest BCUT2D eigenvalue weighted by atomic mass is 35.5. The van der Waals surface area contributed by atoms with Gasteiger partial charge in [-0.2, -0.15) is 0 Å². The zero-order valence-corrected chi connectivity index (χ0v) is 61.5. The largest absolute Gasteiger partial charge is 0.460 e. The minimum absolute atomic E-state index is 0. The van der Waals surface area contributed by atoms with Gasteiger partial charge in [-0.15, -0.1) is 12.4 Å². The molecule has 4 amide bonds. The molecule has 0 radical (unpaired) electrons. The first kappa shape index (κ1) is 88.4. The molecule has 0 aliphatic carbocycles. The van der Waals surface area contributed by atoms with Crippen molar-refractivity contribution in [3.63, 3.8) is 0 Å². The number of halogens is 1. The van der Waals surface area contributed by atoms with Crippen LogP contribution in [0.1, 0.15) is 122 Å². The molecule has 3 fully saturated rings. The first-order chi connectivity index (χ1) is 51.3. The van der Waals surface area contributed by atoms with E-state index in [1.54, 1.807) is 112 Å². The smallest absolute Gasteiger partial charge is 0.306 e. The molecular weight excluding hydrogens is 1390 g/mol. The van der Waals surface area contributed by atoms with Gasteiger partial charge in [0.1, 0.15) is 30.9 Å². The highest BCUT2D eigenvalue weighted by Crippen LogP contribution is 2.16. The Balaban J connectivity index is 0.000000290. The third-order valence-corrected chi connectivity index (χ3v) is 16.6. The molecule has 0 bridgehead atoms. The quantitative estimate of drug-likeness (QED) is 0.0124. The van der Waals surface area contributed by atoms with E-state index in [0.29, 0.717) is 16.7 Å². The summed E-state index contributed by atoms with van der Waals surface area (Å²) in [5.41, 5.74) is 22.1. The number of ketones is 2. The maximum atomic E-state index is 12.7. The fourth-order valence-electron chi connectivity index (χ4n) is 10.7. The minimum Gasteiger partial charge on any atom is -0.460 e. The van der Waals surface area contributed by atoms with Gasteiger partial charge in [0.05, 0.1) is 45.7 Å². The van der Waals surface area contributed by atoms with Crippen LogP contribution in [0.5, 0.6) is 0 Å². The average molecular weight is 1500 g/mol. The molecular formula is C84H100ClN9O14. The molecule has 108 heavy (non-hydrogen) atoms. The molecule has 572 valence electrons. The molecule has 9 rings (SSSR count). The maximum Gasteiger partial charge on any atom is 0.306 e. The van der Waals surface area contributed by atoms with Gasteiger partial charge in [-0.25, -0.2) is 5.48 Å². The molecule has 3 atom stereocenters. The van der Waals surface area contributed by atoms with Gasteiger partial charge in [-0.05, 0) is 170 Å². The summed E-state index contributed by atoms with van der Waals surface area (Å²) in [5.74, 6) is 14.8. The summed E-state index contributed by atoms with van der Waals surface area (Å²) >= 11 is 0. The Hall–Kier alpha value is -10.2. The number of allylic oxidation sites excluding steroid dienone is 3. The Morgan fingerprint density at radius 3 is 1.06 bits per heavy atom. The van der Waals surface area contributed by atoms with E-state index in [1.165, 1.54) is 22.2 Å². The van der Waals surface area contributed by atoms with Crippen LogP contribution in [0.25, 0.3) is 18.2 Å². The lowest BCUT2D eigenvalue weighted by molar-refractivity contribution is -0.155. The second-order valence-electron chi connectivity index (χ2n) is 25.8. The van der Waals surface area contributed by atoms with Crippen LogP contribution in [0, 0.1) is 35.5 Å². The third kappa shape index (κ3) is 32.5. The summed E-state index contributed by atoms with van der Waals surface area (Å²) in [6.07, 6.45) is 10.8. The molecule has 24 heteroatoms. The van der Waals surface area contributed by atoms with E-state index < -0.39 is 78.1 Å². The molecule has 1 unspecified atom stereocenters. The summed E-state index contributed by atoms with van der Waals surface area (Å²) in [6, 6.07) is 42.4. The number of benzene rings is 6. The molecule has 3 heterocycles. The van der Waals surface area contributed by atoms with Crippen LogP contribution < -0.4 is 32.9 Å². The number of nitrogens with one attached hydrogen (secondary N) is 4. The zero-order chi connectivity index (χ0) is 75.9. The second-order valence-corrected chi connectivity index (χ2v) is 25.8. The number of amides is 4. The first-order valence-corrected chi connectivity index (χ1v) is 35.1. The number of hydrogen-bond acceptors (Lipinski definition) is 19. The van der Waals surface area contributed by atoms with Gasteiger partial charge < -0.3 is 56.6 Å². The fraction of sp³-hybridized carbons (Fsp3) is 0.345. The van der Waals surface area contributed by atoms with Crippen LogP contribution in [-0.2, 0) is 57.8 Å². The van der Waals surface area contributed by atoms with E-state index in [-0.39, 0.29) is 45.8 Å². The number of aliphatic hydroxyl groups excluding tert-OH is 2. The van der Waals surface area contributed by atoms with Crippen LogP contribution in [-0.4, -0.2) is 200 Å². The summed E-state index contributed by atoms with van der Waals surface area (Å²) in [6.45, 7) is 17.0. The SMILES string of the molecule is C.CC(C)(C)OC(=O)CC[C@H](NC(=O)c1ccc(C=CC#Cc2ccc(CN3CCOCC3)cc2)cc1)C(=O)CO.Cl.NCC(NC(=O)c1ccc(/C=C\C#Cc2ccc(CN3CCOCC3)cc2)cc1)C(=O)NO.NC[C@H](NC(=O)c1ccc(/C=C/C#Cc2ccc(CN3CCOCC3)cc2)cc1)C(=O)CO. The lowest BCUT2D eigenvalue weighted by atomic mass is 10.1. The Morgan fingerprint density at radius 2 is 0.769 bits per heavy atom. The number of nitrogens with zero attached hydrogens (tertiary/aromatic N) is 3. The Morgan fingerprint density at radius 1 is 0.472 bits per heavy atom. The lowest BCUT2D eigenvalue weighted by Gasteiger charge is -2.26. The topological polar surface area (TPSA) is 327 Å². The van der Waals surface area contributed by atoms with Gasteiger partial charge in [-0.1, -0.05) is 116 Å². The Kier molecular flexibility index (Phi) is 39.4. The minimum atomic E-state index is -1.01. The van der Waals surface area contributed by atoms with Gasteiger partial charge in [0.2, 0.25) is 0 Å². The number of morpholine rings is 3. The van der Waals surface area contributed by atoms with Gasteiger partial charge in [0.25, 0.3) is 23.6 Å². The predicted octanol–water partition coefficient (Wildman–Crippen LogP) is 6.77. The van der Waals surface area contributed by atoms with E-state index >= 15 is 0 Å². The van der Waals surface area contributed by atoms with Crippen molar-refractivity contribution >= 4 is 71.8 Å². The molecule has 3 saturated heterocycles. The summed E-state index contributed by atoms with van der Waals surface area (Å²) in [4.78, 5) is 91.4. The van der Waals surface area contributed by atoms with Crippen LogP contribution in [0.4, 0.5) is 0 Å². The standard InChI is InChI=1S/C32H38N2O6.C26H29N3O4.C25H28N4O4.CH4.ClH/c1-32(2,3)40-30(37)17-16-28(29(36)23-35)33-31(38)27-14-12-25(13-15-27)7-5-4-6-24-8-10-26(11-9-24)22-34-18-20-39-21-19-34;27-17-24(25(31)19-30)28-26(32)23-11-9-21(10-12-23)4-2-1-3-20-5-7-22(8-6-20)18-29-13-15-33-16-14-29;26-17-23(25(31)28-32)27-24(30)22-11-9-20(10-12-22)4-2-1-3-19-5-7-21(8-6-19)18-29-13-15-33-16-14-29;;/h5,7-15,28,35H,16-23H2,1-3H3,(H,33,38);2,4-12,24,30H,13-19,27H2,(H,28,32);2,4-12,23,32H,13-18,26H2,(H,27,30)(H,28,31);1H4;1H/b;4-2+;4-2-;;/t28-;24-;;;/m00.../s1. The number of rotatable bonds is 25. The van der Waals surface area contributed by atoms with E-state index in [2.05, 4.69) is 103 Å². The molecule has 11 N–H and O–H groups in total. The van der Waals surface area contributed by atoms with Crippen molar-refractivity contribution in [1.82, 2.24) is 36.1 Å². The van der Waals surface area contributed by atoms with E-state index in [1.807, 2.05) is 54.6 Å². The van der Waals surface area contributed by atoms with Crippen LogP contribution in [0.15, 0.2) is 164 Å². The molecule has 6 aromatic rings. The van der Waals surface area contributed by atoms with E-state index in [4.69, 9.17) is 40.7 Å². The number of nitrogens with two attached hydrogens (primary N) is 2. The molecule has 0 aromatic heterocycles.